The molecule has 2 rings (SSSR count). The largest absolute Gasteiger partial charge is 0.388 e. The molecule has 0 aliphatic rings. The van der Waals surface area contributed by atoms with Crippen molar-refractivity contribution in [1.29, 1.82) is 0 Å². The molecule has 0 spiro atoms. The summed E-state index contributed by atoms with van der Waals surface area (Å²) >= 11 is 0. The molecule has 0 aromatic heterocycles. The molecule has 0 fully saturated rings. The predicted octanol–water partition coefficient (Wildman–Crippen LogP) is 3.34. The number of rotatable bonds is 4. The SMILES string of the molecule is CNc1cccc(NCc2ccccc2)c1. The molecule has 0 radical (unpaired) electrons. The van der Waals surface area contributed by atoms with Gasteiger partial charge in [-0.05, 0) is 23.8 Å². The van der Waals surface area contributed by atoms with Crippen molar-refractivity contribution in [1.82, 2.24) is 0 Å². The lowest BCUT2D eigenvalue weighted by Crippen LogP contribution is -1.99. The Balaban J connectivity index is 1.99. The summed E-state index contributed by atoms with van der Waals surface area (Å²) in [6.07, 6.45) is 0. The van der Waals surface area contributed by atoms with Crippen molar-refractivity contribution in [2.45, 2.75) is 6.54 Å². The van der Waals surface area contributed by atoms with Gasteiger partial charge in [0, 0.05) is 25.0 Å². The Bertz CT molecular complexity index is 437. The average Bonchev–Trinajstić information content (AvgIpc) is 2.38. The molecule has 16 heavy (non-hydrogen) atoms. The third-order valence-electron chi connectivity index (χ3n) is 2.49. The summed E-state index contributed by atoms with van der Waals surface area (Å²) in [7, 11) is 1.93. The number of hydrogen-bond acceptors (Lipinski definition) is 2. The monoisotopic (exact) mass is 212 g/mol. The molecule has 0 unspecified atom stereocenters. The third kappa shape index (κ3) is 2.76. The Morgan fingerprint density at radius 1 is 0.875 bits per heavy atom. The fraction of sp³-hybridized carbons (Fsp3) is 0.143. The van der Waals surface area contributed by atoms with E-state index in [1.165, 1.54) is 5.56 Å². The van der Waals surface area contributed by atoms with Crippen molar-refractivity contribution in [2.75, 3.05) is 17.7 Å². The van der Waals surface area contributed by atoms with E-state index in [0.717, 1.165) is 17.9 Å². The van der Waals surface area contributed by atoms with Crippen molar-refractivity contribution in [3.05, 3.63) is 60.2 Å². The van der Waals surface area contributed by atoms with E-state index in [1.54, 1.807) is 0 Å². The van der Waals surface area contributed by atoms with Crippen LogP contribution in [0.15, 0.2) is 54.6 Å². The van der Waals surface area contributed by atoms with Crippen molar-refractivity contribution in [2.24, 2.45) is 0 Å². The van der Waals surface area contributed by atoms with E-state index in [0.29, 0.717) is 0 Å². The normalized spacial score (nSPS) is 9.81. The molecule has 82 valence electrons. The van der Waals surface area contributed by atoms with Gasteiger partial charge in [0.25, 0.3) is 0 Å². The first-order chi connectivity index (χ1) is 7.88. The summed E-state index contributed by atoms with van der Waals surface area (Å²) in [5.74, 6) is 0. The Labute approximate surface area is 96.3 Å². The zero-order valence-electron chi connectivity index (χ0n) is 9.40. The van der Waals surface area contributed by atoms with E-state index in [1.807, 2.05) is 25.2 Å². The lowest BCUT2D eigenvalue weighted by atomic mass is 10.2. The van der Waals surface area contributed by atoms with Crippen molar-refractivity contribution in [3.8, 4) is 0 Å². The zero-order valence-corrected chi connectivity index (χ0v) is 9.40. The lowest BCUT2D eigenvalue weighted by molar-refractivity contribution is 1.15. The van der Waals surface area contributed by atoms with Gasteiger partial charge in [-0.1, -0.05) is 36.4 Å². The minimum atomic E-state index is 0.855. The van der Waals surface area contributed by atoms with Gasteiger partial charge in [-0.2, -0.15) is 0 Å². The van der Waals surface area contributed by atoms with Crippen LogP contribution in [-0.4, -0.2) is 7.05 Å². The van der Waals surface area contributed by atoms with Gasteiger partial charge in [0.2, 0.25) is 0 Å². The minimum Gasteiger partial charge on any atom is -0.388 e. The molecule has 2 aromatic rings. The van der Waals surface area contributed by atoms with E-state index in [4.69, 9.17) is 0 Å². The fourth-order valence-electron chi connectivity index (χ4n) is 1.58. The van der Waals surface area contributed by atoms with Gasteiger partial charge < -0.3 is 10.6 Å². The van der Waals surface area contributed by atoms with Gasteiger partial charge in [0.1, 0.15) is 0 Å². The number of anilines is 2. The molecule has 0 atom stereocenters. The topological polar surface area (TPSA) is 24.1 Å². The quantitative estimate of drug-likeness (QED) is 0.812. The van der Waals surface area contributed by atoms with Crippen molar-refractivity contribution in [3.63, 3.8) is 0 Å². The second kappa shape index (κ2) is 5.21. The highest BCUT2D eigenvalue weighted by Crippen LogP contribution is 2.15. The maximum absolute atomic E-state index is 3.40. The van der Waals surface area contributed by atoms with Crippen LogP contribution in [-0.2, 0) is 6.54 Å². The highest BCUT2D eigenvalue weighted by atomic mass is 14.9. The van der Waals surface area contributed by atoms with Crippen LogP contribution in [0.25, 0.3) is 0 Å². The van der Waals surface area contributed by atoms with Crippen LogP contribution in [0.4, 0.5) is 11.4 Å². The second-order valence-corrected chi connectivity index (χ2v) is 3.67. The Hall–Kier alpha value is -1.96. The number of nitrogens with one attached hydrogen (secondary N) is 2. The lowest BCUT2D eigenvalue weighted by Gasteiger charge is -2.08. The van der Waals surface area contributed by atoms with E-state index in [2.05, 4.69) is 47.0 Å². The van der Waals surface area contributed by atoms with Gasteiger partial charge in [0.05, 0.1) is 0 Å². The first-order valence-corrected chi connectivity index (χ1v) is 5.44. The molecule has 2 nitrogen and oxygen atoms in total. The first-order valence-electron chi connectivity index (χ1n) is 5.44. The molecular formula is C14H16N2. The molecular weight excluding hydrogens is 196 g/mol. The zero-order chi connectivity index (χ0) is 11.2. The Morgan fingerprint density at radius 2 is 1.62 bits per heavy atom. The van der Waals surface area contributed by atoms with Crippen molar-refractivity contribution < 1.29 is 0 Å². The Kier molecular flexibility index (Phi) is 3.44. The number of hydrogen-bond donors (Lipinski definition) is 2. The molecule has 0 saturated carbocycles. The summed E-state index contributed by atoms with van der Waals surface area (Å²) in [5, 5.41) is 6.52. The van der Waals surface area contributed by atoms with Gasteiger partial charge in [0.15, 0.2) is 0 Å². The maximum atomic E-state index is 3.40. The Morgan fingerprint density at radius 3 is 2.38 bits per heavy atom. The van der Waals surface area contributed by atoms with E-state index < -0.39 is 0 Å². The molecule has 0 amide bonds. The van der Waals surface area contributed by atoms with E-state index in [-0.39, 0.29) is 0 Å². The van der Waals surface area contributed by atoms with Crippen LogP contribution in [0.5, 0.6) is 0 Å². The summed E-state index contributed by atoms with van der Waals surface area (Å²) in [6, 6.07) is 18.6. The standard InChI is InChI=1S/C14H16N2/c1-15-13-8-5-9-14(10-13)16-11-12-6-3-2-4-7-12/h2-10,15-16H,11H2,1H3. The molecule has 2 aromatic carbocycles. The molecule has 0 saturated heterocycles. The molecule has 0 aliphatic heterocycles. The van der Waals surface area contributed by atoms with Crippen LogP contribution in [0.1, 0.15) is 5.56 Å². The van der Waals surface area contributed by atoms with Crippen LogP contribution in [0.3, 0.4) is 0 Å². The summed E-state index contributed by atoms with van der Waals surface area (Å²) in [5.41, 5.74) is 3.55. The van der Waals surface area contributed by atoms with E-state index in [9.17, 15) is 0 Å². The first kappa shape index (κ1) is 10.6. The third-order valence-corrected chi connectivity index (χ3v) is 2.49. The fourth-order valence-corrected chi connectivity index (χ4v) is 1.58. The molecule has 0 bridgehead atoms. The summed E-state index contributed by atoms with van der Waals surface area (Å²) < 4.78 is 0. The molecule has 2 heteroatoms. The average molecular weight is 212 g/mol. The second-order valence-electron chi connectivity index (χ2n) is 3.67. The van der Waals surface area contributed by atoms with Crippen LogP contribution in [0.2, 0.25) is 0 Å². The minimum absolute atomic E-state index is 0.855. The van der Waals surface area contributed by atoms with Gasteiger partial charge in [-0.3, -0.25) is 0 Å². The highest BCUT2D eigenvalue weighted by Gasteiger charge is 1.94. The van der Waals surface area contributed by atoms with E-state index >= 15 is 0 Å². The van der Waals surface area contributed by atoms with Gasteiger partial charge in [-0.15, -0.1) is 0 Å². The van der Waals surface area contributed by atoms with Crippen molar-refractivity contribution >= 4 is 11.4 Å². The number of benzene rings is 2. The summed E-state index contributed by atoms with van der Waals surface area (Å²) in [6.45, 7) is 0.855. The summed E-state index contributed by atoms with van der Waals surface area (Å²) in [4.78, 5) is 0. The molecule has 0 heterocycles. The highest BCUT2D eigenvalue weighted by molar-refractivity contribution is 5.56. The molecule has 0 aliphatic carbocycles. The maximum Gasteiger partial charge on any atom is 0.0400 e. The van der Waals surface area contributed by atoms with Gasteiger partial charge >= 0.3 is 0 Å². The van der Waals surface area contributed by atoms with Crippen LogP contribution < -0.4 is 10.6 Å². The van der Waals surface area contributed by atoms with Crippen LogP contribution in [0, 0.1) is 0 Å². The van der Waals surface area contributed by atoms with Gasteiger partial charge in [-0.25, -0.2) is 0 Å². The predicted molar refractivity (Wildman–Crippen MR) is 69.8 cm³/mol. The van der Waals surface area contributed by atoms with Crippen LogP contribution >= 0.6 is 0 Å². The molecule has 2 N–H and O–H groups in total. The smallest absolute Gasteiger partial charge is 0.0400 e.